The third kappa shape index (κ3) is 4.28. The number of carbonyl (C=O) groups is 1. The molecule has 0 aliphatic carbocycles. The van der Waals surface area contributed by atoms with Crippen LogP contribution in [0.4, 0.5) is 13.2 Å². The first kappa shape index (κ1) is 20.6. The molecule has 8 heteroatoms. The zero-order chi connectivity index (χ0) is 22.0. The minimum atomic E-state index is -4.47. The van der Waals surface area contributed by atoms with E-state index in [-0.39, 0.29) is 12.1 Å². The van der Waals surface area contributed by atoms with Gasteiger partial charge in [-0.3, -0.25) is 9.55 Å². The summed E-state index contributed by atoms with van der Waals surface area (Å²) in [5.41, 5.74) is 1.77. The van der Waals surface area contributed by atoms with Crippen molar-refractivity contribution in [2.45, 2.75) is 19.5 Å². The van der Waals surface area contributed by atoms with Gasteiger partial charge in [0.1, 0.15) is 5.82 Å². The van der Waals surface area contributed by atoms with E-state index in [9.17, 15) is 18.0 Å². The van der Waals surface area contributed by atoms with Gasteiger partial charge < -0.3 is 4.74 Å². The normalized spacial score (nSPS) is 11.6. The van der Waals surface area contributed by atoms with Gasteiger partial charge in [-0.1, -0.05) is 12.1 Å². The lowest BCUT2D eigenvalue weighted by molar-refractivity contribution is -0.137. The van der Waals surface area contributed by atoms with Gasteiger partial charge in [0.15, 0.2) is 0 Å². The van der Waals surface area contributed by atoms with Crippen LogP contribution in [0.25, 0.3) is 16.7 Å². The second-order valence-electron chi connectivity index (χ2n) is 6.87. The highest BCUT2D eigenvalue weighted by atomic mass is 19.4. The van der Waals surface area contributed by atoms with Crippen molar-refractivity contribution >= 4 is 17.0 Å². The number of ether oxygens (including phenoxy) is 1. The van der Waals surface area contributed by atoms with Crippen LogP contribution in [0.2, 0.25) is 0 Å². The number of esters is 1. The first-order valence-corrected chi connectivity index (χ1v) is 9.62. The highest BCUT2D eigenvalue weighted by Crippen LogP contribution is 2.33. The number of nitrogens with zero attached hydrogens (tertiary/aromatic N) is 3. The van der Waals surface area contributed by atoms with Crippen LogP contribution in [0.5, 0.6) is 0 Å². The molecule has 158 valence electrons. The molecule has 0 amide bonds. The number of pyridine rings is 1. The number of benzene rings is 2. The molecule has 0 bridgehead atoms. The average Bonchev–Trinajstić information content (AvgIpc) is 3.11. The predicted octanol–water partition coefficient (Wildman–Crippen LogP) is 5.21. The van der Waals surface area contributed by atoms with E-state index in [0.717, 1.165) is 17.7 Å². The van der Waals surface area contributed by atoms with Crippen molar-refractivity contribution in [2.24, 2.45) is 0 Å². The molecule has 0 fully saturated rings. The van der Waals surface area contributed by atoms with Gasteiger partial charge in [0.2, 0.25) is 0 Å². The van der Waals surface area contributed by atoms with Gasteiger partial charge in [0.25, 0.3) is 0 Å². The van der Waals surface area contributed by atoms with Gasteiger partial charge in [-0.15, -0.1) is 0 Å². The molecule has 0 unspecified atom stereocenters. The Morgan fingerprint density at radius 2 is 1.94 bits per heavy atom. The minimum absolute atomic E-state index is 0.218. The minimum Gasteiger partial charge on any atom is -0.462 e. The second kappa shape index (κ2) is 8.22. The van der Waals surface area contributed by atoms with Crippen molar-refractivity contribution in [3.05, 3.63) is 89.5 Å². The molecule has 0 N–H and O–H groups in total. The van der Waals surface area contributed by atoms with Gasteiger partial charge >= 0.3 is 12.1 Å². The largest absolute Gasteiger partial charge is 0.462 e. The molecule has 5 nitrogen and oxygen atoms in total. The van der Waals surface area contributed by atoms with Gasteiger partial charge in [-0.05, 0) is 55.0 Å². The number of aromatic nitrogens is 3. The molecule has 0 atom stereocenters. The lowest BCUT2D eigenvalue weighted by Gasteiger charge is -2.11. The summed E-state index contributed by atoms with van der Waals surface area (Å²) in [5.74, 6) is 0.0604. The van der Waals surface area contributed by atoms with E-state index in [1.807, 2.05) is 6.07 Å². The quantitative estimate of drug-likeness (QED) is 0.412. The Kier molecular flexibility index (Phi) is 5.46. The maximum Gasteiger partial charge on any atom is 0.416 e. The lowest BCUT2D eigenvalue weighted by atomic mass is 10.1. The smallest absolute Gasteiger partial charge is 0.416 e. The van der Waals surface area contributed by atoms with Crippen LogP contribution in [0.1, 0.15) is 34.2 Å². The number of rotatable bonds is 5. The monoisotopic (exact) mass is 425 g/mol. The summed E-state index contributed by atoms with van der Waals surface area (Å²) in [6.07, 6.45) is -0.788. The standard InChI is InChI=1S/C23H18F3N3O2/c1-2-31-22(30)16-6-3-7-18(12-16)29-20-9-8-17(23(24,25)26)13-19(20)28-21(29)11-15-5-4-10-27-14-15/h3-10,12-14H,2,11H2,1H3. The molecular weight excluding hydrogens is 407 g/mol. The Bertz CT molecular complexity index is 1230. The highest BCUT2D eigenvalue weighted by molar-refractivity contribution is 5.90. The summed E-state index contributed by atoms with van der Waals surface area (Å²) < 4.78 is 46.5. The zero-order valence-corrected chi connectivity index (χ0v) is 16.6. The molecule has 0 saturated carbocycles. The Hall–Kier alpha value is -3.68. The summed E-state index contributed by atoms with van der Waals surface area (Å²) in [5, 5.41) is 0. The van der Waals surface area contributed by atoms with Crippen LogP contribution in [0.15, 0.2) is 67.0 Å². The van der Waals surface area contributed by atoms with Crippen LogP contribution in [-0.2, 0) is 17.3 Å². The summed E-state index contributed by atoms with van der Waals surface area (Å²) >= 11 is 0. The summed E-state index contributed by atoms with van der Waals surface area (Å²) in [4.78, 5) is 20.8. The van der Waals surface area contributed by atoms with Crippen molar-refractivity contribution in [3.8, 4) is 5.69 Å². The third-order valence-corrected chi connectivity index (χ3v) is 4.75. The number of imidazole rings is 1. The Morgan fingerprint density at radius 3 is 2.65 bits per heavy atom. The molecule has 0 aliphatic heterocycles. The molecular formula is C23H18F3N3O2. The van der Waals surface area contributed by atoms with E-state index in [1.54, 1.807) is 54.2 Å². The van der Waals surface area contributed by atoms with E-state index < -0.39 is 17.7 Å². The van der Waals surface area contributed by atoms with Gasteiger partial charge in [-0.25, -0.2) is 9.78 Å². The SMILES string of the molecule is CCOC(=O)c1cccc(-n2c(Cc3cccnc3)nc3cc(C(F)(F)F)ccc32)c1. The van der Waals surface area contributed by atoms with Crippen LogP contribution in [0, 0.1) is 0 Å². The fourth-order valence-electron chi connectivity index (χ4n) is 3.38. The van der Waals surface area contributed by atoms with Crippen molar-refractivity contribution < 1.29 is 22.7 Å². The Balaban J connectivity index is 1.88. The fourth-order valence-corrected chi connectivity index (χ4v) is 3.38. The van der Waals surface area contributed by atoms with E-state index >= 15 is 0 Å². The zero-order valence-electron chi connectivity index (χ0n) is 16.6. The number of halogens is 3. The van der Waals surface area contributed by atoms with E-state index in [2.05, 4.69) is 9.97 Å². The van der Waals surface area contributed by atoms with Gasteiger partial charge in [0.05, 0.1) is 28.8 Å². The van der Waals surface area contributed by atoms with Crippen molar-refractivity contribution in [1.82, 2.24) is 14.5 Å². The molecule has 0 radical (unpaired) electrons. The maximum absolute atomic E-state index is 13.2. The van der Waals surface area contributed by atoms with E-state index in [1.165, 1.54) is 6.07 Å². The highest BCUT2D eigenvalue weighted by Gasteiger charge is 2.31. The number of hydrogen-bond donors (Lipinski definition) is 0. The Labute approximate surface area is 176 Å². The maximum atomic E-state index is 13.2. The number of hydrogen-bond acceptors (Lipinski definition) is 4. The van der Waals surface area contributed by atoms with Crippen molar-refractivity contribution in [2.75, 3.05) is 6.61 Å². The lowest BCUT2D eigenvalue weighted by Crippen LogP contribution is -2.07. The van der Waals surface area contributed by atoms with Crippen molar-refractivity contribution in [1.29, 1.82) is 0 Å². The van der Waals surface area contributed by atoms with E-state index in [4.69, 9.17) is 4.74 Å². The summed E-state index contributed by atoms with van der Waals surface area (Å²) in [6, 6.07) is 13.9. The molecule has 4 rings (SSSR count). The molecule has 0 aliphatic rings. The summed E-state index contributed by atoms with van der Waals surface area (Å²) in [7, 11) is 0. The molecule has 2 heterocycles. The number of carbonyl (C=O) groups excluding carboxylic acids is 1. The number of fused-ring (bicyclic) bond motifs is 1. The number of alkyl halides is 3. The molecule has 0 spiro atoms. The molecule has 0 saturated heterocycles. The average molecular weight is 425 g/mol. The van der Waals surface area contributed by atoms with Crippen LogP contribution < -0.4 is 0 Å². The predicted molar refractivity (Wildman–Crippen MR) is 109 cm³/mol. The first-order valence-electron chi connectivity index (χ1n) is 9.62. The Morgan fingerprint density at radius 1 is 1.10 bits per heavy atom. The van der Waals surface area contributed by atoms with Crippen molar-refractivity contribution in [3.63, 3.8) is 0 Å². The molecule has 4 aromatic rings. The van der Waals surface area contributed by atoms with E-state index in [0.29, 0.717) is 29.0 Å². The van der Waals surface area contributed by atoms with Gasteiger partial charge in [0, 0.05) is 24.5 Å². The second-order valence-corrected chi connectivity index (χ2v) is 6.87. The van der Waals surface area contributed by atoms with Crippen LogP contribution >= 0.6 is 0 Å². The topological polar surface area (TPSA) is 57.0 Å². The molecule has 2 aromatic carbocycles. The molecule has 2 aromatic heterocycles. The fraction of sp³-hybridized carbons (Fsp3) is 0.174. The molecule has 31 heavy (non-hydrogen) atoms. The van der Waals surface area contributed by atoms with Gasteiger partial charge in [-0.2, -0.15) is 13.2 Å². The third-order valence-electron chi connectivity index (χ3n) is 4.75. The van der Waals surface area contributed by atoms with Crippen LogP contribution in [0.3, 0.4) is 0 Å². The van der Waals surface area contributed by atoms with Crippen LogP contribution in [-0.4, -0.2) is 27.1 Å². The summed E-state index contributed by atoms with van der Waals surface area (Å²) in [6.45, 7) is 1.96. The first-order chi connectivity index (χ1) is 14.9.